The zero-order valence-electron chi connectivity index (χ0n) is 15.4. The Kier molecular flexibility index (Phi) is 6.92. The van der Waals surface area contributed by atoms with Gasteiger partial charge in [0.05, 0.1) is 18.1 Å². The smallest absolute Gasteiger partial charge is 0.241 e. The van der Waals surface area contributed by atoms with Crippen molar-refractivity contribution in [2.75, 3.05) is 13.2 Å². The van der Waals surface area contributed by atoms with Crippen molar-refractivity contribution in [3.8, 4) is 11.5 Å². The Morgan fingerprint density at radius 1 is 0.962 bits per heavy atom. The van der Waals surface area contributed by atoms with Gasteiger partial charge >= 0.3 is 0 Å². The summed E-state index contributed by atoms with van der Waals surface area (Å²) in [6, 6.07) is 8.64. The molecule has 0 amide bonds. The van der Waals surface area contributed by atoms with Crippen molar-refractivity contribution in [3.63, 3.8) is 0 Å². The van der Waals surface area contributed by atoms with Crippen LogP contribution in [-0.4, -0.2) is 21.6 Å². The predicted octanol–water partition coefficient (Wildman–Crippen LogP) is 4.23. The van der Waals surface area contributed by atoms with Crippen LogP contribution in [0.5, 0.6) is 11.5 Å². The first-order valence-corrected chi connectivity index (χ1v) is 10.3. The van der Waals surface area contributed by atoms with Gasteiger partial charge in [0.1, 0.15) is 0 Å². The van der Waals surface area contributed by atoms with Crippen LogP contribution in [0, 0.1) is 13.8 Å². The van der Waals surface area contributed by atoms with E-state index < -0.39 is 10.0 Å². The first-order valence-electron chi connectivity index (χ1n) is 8.43. The molecule has 0 aliphatic heterocycles. The lowest BCUT2D eigenvalue weighted by molar-refractivity contribution is 0.287. The number of hydrogen-bond donors (Lipinski definition) is 1. The van der Waals surface area contributed by atoms with E-state index in [4.69, 9.17) is 21.1 Å². The molecule has 1 N–H and O–H groups in total. The molecule has 0 fully saturated rings. The van der Waals surface area contributed by atoms with E-state index in [-0.39, 0.29) is 11.4 Å². The predicted molar refractivity (Wildman–Crippen MR) is 104 cm³/mol. The highest BCUT2D eigenvalue weighted by Gasteiger charge is 2.18. The molecule has 5 nitrogen and oxygen atoms in total. The minimum absolute atomic E-state index is 0.149. The number of hydrogen-bond acceptors (Lipinski definition) is 4. The SMILES string of the molecule is CCOc1ccc(CNS(=O)(=O)c2cc(C)c(Cl)cc2C)cc1OCC. The molecule has 0 bridgehead atoms. The largest absolute Gasteiger partial charge is 0.490 e. The van der Waals surface area contributed by atoms with Gasteiger partial charge in [0.15, 0.2) is 11.5 Å². The van der Waals surface area contributed by atoms with Crippen LogP contribution in [0.25, 0.3) is 0 Å². The molecule has 0 saturated heterocycles. The summed E-state index contributed by atoms with van der Waals surface area (Å²) in [5.41, 5.74) is 2.11. The van der Waals surface area contributed by atoms with Gasteiger partial charge in [-0.25, -0.2) is 13.1 Å². The van der Waals surface area contributed by atoms with Crippen molar-refractivity contribution in [2.45, 2.75) is 39.1 Å². The van der Waals surface area contributed by atoms with Crippen LogP contribution in [0.4, 0.5) is 0 Å². The van der Waals surface area contributed by atoms with E-state index in [0.29, 0.717) is 35.3 Å². The third-order valence-corrected chi connectivity index (χ3v) is 5.77. The minimum atomic E-state index is -3.65. The van der Waals surface area contributed by atoms with Crippen LogP contribution in [0.1, 0.15) is 30.5 Å². The van der Waals surface area contributed by atoms with Crippen molar-refractivity contribution in [1.82, 2.24) is 4.72 Å². The van der Waals surface area contributed by atoms with Crippen LogP contribution >= 0.6 is 11.6 Å². The molecule has 2 aromatic carbocycles. The Bertz CT molecular complexity index is 881. The molecule has 2 aromatic rings. The molecule has 0 aromatic heterocycles. The Balaban J connectivity index is 2.22. The van der Waals surface area contributed by atoms with Gasteiger partial charge in [-0.2, -0.15) is 0 Å². The maximum Gasteiger partial charge on any atom is 0.241 e. The molecule has 0 unspecified atom stereocenters. The Morgan fingerprint density at radius 2 is 1.62 bits per heavy atom. The first-order chi connectivity index (χ1) is 12.3. The van der Waals surface area contributed by atoms with E-state index in [1.165, 1.54) is 0 Å². The fourth-order valence-electron chi connectivity index (χ4n) is 2.51. The third kappa shape index (κ3) is 4.90. The highest BCUT2D eigenvalue weighted by molar-refractivity contribution is 7.89. The summed E-state index contributed by atoms with van der Waals surface area (Å²) in [4.78, 5) is 0.232. The molecule has 0 aliphatic rings. The molecule has 0 aliphatic carbocycles. The van der Waals surface area contributed by atoms with Crippen LogP contribution in [0.15, 0.2) is 35.2 Å². The fourth-order valence-corrected chi connectivity index (χ4v) is 4.05. The van der Waals surface area contributed by atoms with Gasteiger partial charge in [-0.3, -0.25) is 0 Å². The quantitative estimate of drug-likeness (QED) is 0.723. The lowest BCUT2D eigenvalue weighted by Crippen LogP contribution is -2.24. The average Bonchev–Trinajstić information content (AvgIpc) is 2.58. The van der Waals surface area contributed by atoms with Gasteiger partial charge in [0.25, 0.3) is 0 Å². The van der Waals surface area contributed by atoms with Gasteiger partial charge in [-0.15, -0.1) is 0 Å². The van der Waals surface area contributed by atoms with Crippen molar-refractivity contribution in [2.24, 2.45) is 0 Å². The number of rotatable bonds is 8. The summed E-state index contributed by atoms with van der Waals surface area (Å²) in [5.74, 6) is 1.25. The van der Waals surface area contributed by atoms with Crippen LogP contribution < -0.4 is 14.2 Å². The molecular formula is C19H24ClNO4S. The van der Waals surface area contributed by atoms with E-state index in [9.17, 15) is 8.42 Å². The fraction of sp³-hybridized carbons (Fsp3) is 0.368. The maximum atomic E-state index is 12.7. The van der Waals surface area contributed by atoms with Crippen molar-refractivity contribution in [3.05, 3.63) is 52.0 Å². The molecule has 0 saturated carbocycles. The lowest BCUT2D eigenvalue weighted by atomic mass is 10.2. The number of halogens is 1. The molecule has 0 heterocycles. The second-order valence-corrected chi connectivity index (χ2v) is 7.98. The van der Waals surface area contributed by atoms with Gasteiger partial charge < -0.3 is 9.47 Å². The molecule has 26 heavy (non-hydrogen) atoms. The summed E-state index contributed by atoms with van der Waals surface area (Å²) in [6.07, 6.45) is 0. The molecule has 2 rings (SSSR count). The Morgan fingerprint density at radius 3 is 2.27 bits per heavy atom. The van der Waals surface area contributed by atoms with Gasteiger partial charge in [0, 0.05) is 11.6 Å². The Hall–Kier alpha value is -1.76. The van der Waals surface area contributed by atoms with E-state index in [2.05, 4.69) is 4.72 Å². The number of sulfonamides is 1. The van der Waals surface area contributed by atoms with Gasteiger partial charge in [-0.1, -0.05) is 17.7 Å². The standard InChI is InChI=1S/C19H24ClNO4S/c1-5-24-17-8-7-15(11-18(17)25-6-2)12-21-26(22,23)19-10-13(3)16(20)9-14(19)4/h7-11,21H,5-6,12H2,1-4H3. The Labute approximate surface area is 160 Å². The molecule has 0 radical (unpaired) electrons. The zero-order valence-corrected chi connectivity index (χ0v) is 17.0. The monoisotopic (exact) mass is 397 g/mol. The zero-order chi connectivity index (χ0) is 19.3. The summed E-state index contributed by atoms with van der Waals surface area (Å²) in [6.45, 7) is 8.46. The van der Waals surface area contributed by atoms with E-state index in [1.807, 2.05) is 19.9 Å². The minimum Gasteiger partial charge on any atom is -0.490 e. The third-order valence-electron chi connectivity index (χ3n) is 3.82. The van der Waals surface area contributed by atoms with Crippen molar-refractivity contribution >= 4 is 21.6 Å². The summed E-state index contributed by atoms with van der Waals surface area (Å²) >= 11 is 6.06. The van der Waals surface area contributed by atoms with Gasteiger partial charge in [-0.05, 0) is 68.7 Å². The van der Waals surface area contributed by atoms with Crippen LogP contribution in [-0.2, 0) is 16.6 Å². The number of benzene rings is 2. The molecule has 7 heteroatoms. The molecule has 142 valence electrons. The summed E-state index contributed by atoms with van der Waals surface area (Å²) in [5, 5.41) is 0.550. The van der Waals surface area contributed by atoms with Crippen molar-refractivity contribution < 1.29 is 17.9 Å². The second-order valence-electron chi connectivity index (χ2n) is 5.84. The number of nitrogens with one attached hydrogen (secondary N) is 1. The highest BCUT2D eigenvalue weighted by atomic mass is 35.5. The van der Waals surface area contributed by atoms with Gasteiger partial charge in [0.2, 0.25) is 10.0 Å². The number of aryl methyl sites for hydroxylation is 2. The highest BCUT2D eigenvalue weighted by Crippen LogP contribution is 2.29. The number of ether oxygens (including phenoxy) is 2. The molecule has 0 spiro atoms. The van der Waals surface area contributed by atoms with Crippen LogP contribution in [0.2, 0.25) is 5.02 Å². The topological polar surface area (TPSA) is 64.6 Å². The normalized spacial score (nSPS) is 11.4. The van der Waals surface area contributed by atoms with Crippen LogP contribution in [0.3, 0.4) is 0 Å². The summed E-state index contributed by atoms with van der Waals surface area (Å²) < 4.78 is 39.1. The van der Waals surface area contributed by atoms with Crippen molar-refractivity contribution in [1.29, 1.82) is 0 Å². The molecule has 0 atom stereocenters. The first kappa shape index (κ1) is 20.6. The molecular weight excluding hydrogens is 374 g/mol. The van der Waals surface area contributed by atoms with E-state index in [0.717, 1.165) is 11.1 Å². The maximum absolute atomic E-state index is 12.7. The lowest BCUT2D eigenvalue weighted by Gasteiger charge is -2.14. The second kappa shape index (κ2) is 8.75. The summed E-state index contributed by atoms with van der Waals surface area (Å²) in [7, 11) is -3.65. The van der Waals surface area contributed by atoms with E-state index >= 15 is 0 Å². The average molecular weight is 398 g/mol. The van der Waals surface area contributed by atoms with E-state index in [1.54, 1.807) is 38.1 Å².